The van der Waals surface area contributed by atoms with E-state index in [0.29, 0.717) is 0 Å². The molecular weight excluding hydrogens is 834 g/mol. The molecule has 0 unspecified atom stereocenters. The van der Waals surface area contributed by atoms with Crippen molar-refractivity contribution in [3.05, 3.63) is 217 Å². The Labute approximate surface area is 399 Å². The van der Waals surface area contributed by atoms with Gasteiger partial charge in [0.2, 0.25) is 6.71 Å². The second kappa shape index (κ2) is 12.5. The predicted octanol–water partition coefficient (Wildman–Crippen LogP) is 11.1. The SMILES string of the molecule is CC1(C)c2ccccc2B2c3c(cccc31)-n1c3c2cccc3c2c3c(c4cccc5c4n3-c3cccc4c3B5c3ccccc3N4c3ccccc3)c3c(c4ccccc4n3-c3ccccc3)c21. The molecule has 0 bridgehead atoms. The molecule has 17 rings (SSSR count). The lowest BCUT2D eigenvalue weighted by molar-refractivity contribution is 0.645. The molecule has 3 aromatic heterocycles. The summed E-state index contributed by atoms with van der Waals surface area (Å²) in [5, 5.41) is 7.75. The largest absolute Gasteiger partial charge is 0.311 e. The highest BCUT2D eigenvalue weighted by atomic mass is 15.2. The molecule has 0 spiro atoms. The fourth-order valence-electron chi connectivity index (χ4n) is 14.4. The van der Waals surface area contributed by atoms with Crippen LogP contribution in [0.15, 0.2) is 206 Å². The van der Waals surface area contributed by atoms with Crippen LogP contribution in [0.4, 0.5) is 17.1 Å². The Morgan fingerprint density at radius 3 is 1.51 bits per heavy atom. The molecular formula is C63H40B2N4. The molecule has 10 aromatic carbocycles. The third-order valence-electron chi connectivity index (χ3n) is 16.8. The summed E-state index contributed by atoms with van der Waals surface area (Å²) in [6, 6.07) is 78.1. The number of hydrogen-bond donors (Lipinski definition) is 0. The molecule has 6 heteroatoms. The third-order valence-corrected chi connectivity index (χ3v) is 16.8. The smallest absolute Gasteiger partial charge is 0.252 e. The van der Waals surface area contributed by atoms with Crippen molar-refractivity contribution in [2.45, 2.75) is 19.3 Å². The highest BCUT2D eigenvalue weighted by molar-refractivity contribution is 7.00. The monoisotopic (exact) mass is 874 g/mol. The molecule has 0 aliphatic carbocycles. The van der Waals surface area contributed by atoms with Gasteiger partial charge in [0.25, 0.3) is 6.71 Å². The maximum atomic E-state index is 2.72. The van der Waals surface area contributed by atoms with Crippen molar-refractivity contribution in [3.8, 4) is 17.1 Å². The van der Waals surface area contributed by atoms with Gasteiger partial charge < -0.3 is 18.6 Å². The number of benzene rings is 10. The Morgan fingerprint density at radius 2 is 0.783 bits per heavy atom. The van der Waals surface area contributed by atoms with Crippen LogP contribution in [0.5, 0.6) is 0 Å². The zero-order valence-corrected chi connectivity index (χ0v) is 38.1. The van der Waals surface area contributed by atoms with Crippen molar-refractivity contribution in [1.82, 2.24) is 13.7 Å². The second-order valence-electron chi connectivity index (χ2n) is 20.3. The number of para-hydroxylation sites is 6. The number of nitrogens with zero attached hydrogens (tertiary/aromatic N) is 4. The first-order valence-corrected chi connectivity index (χ1v) is 24.4. The molecule has 4 aliphatic heterocycles. The summed E-state index contributed by atoms with van der Waals surface area (Å²) in [7, 11) is 0. The van der Waals surface area contributed by atoms with Gasteiger partial charge in [-0.25, -0.2) is 0 Å². The normalized spacial score (nSPS) is 14.6. The Kier molecular flexibility index (Phi) is 6.66. The molecule has 0 radical (unpaired) electrons. The maximum absolute atomic E-state index is 2.72. The van der Waals surface area contributed by atoms with Gasteiger partial charge >= 0.3 is 0 Å². The van der Waals surface area contributed by atoms with Crippen molar-refractivity contribution in [2.24, 2.45) is 0 Å². The van der Waals surface area contributed by atoms with E-state index in [1.807, 2.05) is 0 Å². The summed E-state index contributed by atoms with van der Waals surface area (Å²) in [5.74, 6) is 0. The summed E-state index contributed by atoms with van der Waals surface area (Å²) >= 11 is 0. The van der Waals surface area contributed by atoms with E-state index in [2.05, 4.69) is 239 Å². The first kappa shape index (κ1) is 36.6. The van der Waals surface area contributed by atoms with Crippen molar-refractivity contribution in [3.63, 3.8) is 0 Å². The van der Waals surface area contributed by atoms with Crippen LogP contribution in [0.3, 0.4) is 0 Å². The van der Waals surface area contributed by atoms with Crippen LogP contribution in [-0.2, 0) is 5.41 Å². The molecule has 0 N–H and O–H groups in total. The minimum Gasteiger partial charge on any atom is -0.311 e. The van der Waals surface area contributed by atoms with Crippen molar-refractivity contribution in [2.75, 3.05) is 4.90 Å². The Bertz CT molecular complexity index is 4480. The number of rotatable bonds is 2. The van der Waals surface area contributed by atoms with E-state index in [-0.39, 0.29) is 18.8 Å². The van der Waals surface area contributed by atoms with Crippen LogP contribution >= 0.6 is 0 Å². The summed E-state index contributed by atoms with van der Waals surface area (Å²) in [4.78, 5) is 2.50. The van der Waals surface area contributed by atoms with E-state index in [0.717, 1.165) is 5.69 Å². The van der Waals surface area contributed by atoms with Crippen molar-refractivity contribution < 1.29 is 0 Å². The predicted molar refractivity (Wildman–Crippen MR) is 292 cm³/mol. The summed E-state index contributed by atoms with van der Waals surface area (Å²) < 4.78 is 8.01. The van der Waals surface area contributed by atoms with Crippen LogP contribution in [0.2, 0.25) is 0 Å². The minimum absolute atomic E-state index is 0.0463. The molecule has 4 aliphatic rings. The van der Waals surface area contributed by atoms with E-state index in [1.54, 1.807) is 0 Å². The molecule has 0 saturated carbocycles. The highest BCUT2D eigenvalue weighted by Crippen LogP contribution is 2.52. The van der Waals surface area contributed by atoms with Crippen molar-refractivity contribution in [1.29, 1.82) is 0 Å². The average Bonchev–Trinajstić information content (AvgIpc) is 4.06. The lowest BCUT2D eigenvalue weighted by Gasteiger charge is -2.41. The lowest BCUT2D eigenvalue weighted by atomic mass is 9.30. The zero-order valence-electron chi connectivity index (χ0n) is 38.1. The van der Waals surface area contributed by atoms with Gasteiger partial charge in [0, 0.05) is 82.9 Å². The lowest BCUT2D eigenvalue weighted by Crippen LogP contribution is -2.63. The number of anilines is 3. The van der Waals surface area contributed by atoms with Gasteiger partial charge in [0.15, 0.2) is 0 Å². The first-order valence-electron chi connectivity index (χ1n) is 24.4. The fraction of sp³-hybridized carbons (Fsp3) is 0.0476. The maximum Gasteiger partial charge on any atom is 0.252 e. The zero-order chi connectivity index (χ0) is 45.0. The standard InChI is InChI=1S/C63H40B2N4/c1-63(2)42-26-10-11-28-44(42)64-46-30-15-25-41-55-61(68(58(41)46)50-34-17-27-43(63)56(50)64)53-39-23-9-13-32-48(39)67(38-21-7-4-8-22-38)60(53)54-40-24-16-31-47-59(40)69(62(54)55)52-36-18-35-51-57(52)65(47)45-29-12-14-33-49(45)66(51)37-19-5-3-6-20-37/h3-36H,1-2H3. The second-order valence-corrected chi connectivity index (χ2v) is 20.3. The van der Waals surface area contributed by atoms with Gasteiger partial charge in [0.1, 0.15) is 0 Å². The van der Waals surface area contributed by atoms with Crippen LogP contribution in [0.1, 0.15) is 25.0 Å². The topological polar surface area (TPSA) is 18.0 Å². The summed E-state index contributed by atoms with van der Waals surface area (Å²) in [5.41, 5.74) is 25.9. The van der Waals surface area contributed by atoms with Crippen LogP contribution in [0, 0.1) is 0 Å². The van der Waals surface area contributed by atoms with Crippen LogP contribution in [-0.4, -0.2) is 27.1 Å². The van der Waals surface area contributed by atoms with E-state index < -0.39 is 0 Å². The molecule has 69 heavy (non-hydrogen) atoms. The first-order chi connectivity index (χ1) is 34.1. The molecule has 4 nitrogen and oxygen atoms in total. The van der Waals surface area contributed by atoms with Gasteiger partial charge in [-0.15, -0.1) is 0 Å². The Hall–Kier alpha value is -8.47. The minimum atomic E-state index is -0.173. The summed E-state index contributed by atoms with van der Waals surface area (Å²) in [6.07, 6.45) is 0. The van der Waals surface area contributed by atoms with Gasteiger partial charge in [-0.2, -0.15) is 0 Å². The van der Waals surface area contributed by atoms with Gasteiger partial charge in [-0.3, -0.25) is 0 Å². The quantitative estimate of drug-likeness (QED) is 0.158. The Balaban J connectivity index is 1.15. The number of fused-ring (bicyclic) bond motifs is 20. The number of aromatic nitrogens is 3. The Morgan fingerprint density at radius 1 is 0.319 bits per heavy atom. The van der Waals surface area contributed by atoms with Gasteiger partial charge in [-0.05, 0) is 93.0 Å². The number of hydrogen-bond acceptors (Lipinski definition) is 1. The molecule has 318 valence electrons. The van der Waals surface area contributed by atoms with E-state index in [1.165, 1.54) is 138 Å². The van der Waals surface area contributed by atoms with E-state index >= 15 is 0 Å². The summed E-state index contributed by atoms with van der Waals surface area (Å²) in [6.45, 7) is 5.01. The van der Waals surface area contributed by atoms with Gasteiger partial charge in [-0.1, -0.05) is 171 Å². The van der Waals surface area contributed by atoms with Gasteiger partial charge in [0.05, 0.1) is 22.1 Å². The molecule has 13 aromatic rings. The van der Waals surface area contributed by atoms with Crippen molar-refractivity contribution >= 4 is 129 Å². The molecule has 0 saturated heterocycles. The molecule has 0 atom stereocenters. The average molecular weight is 875 g/mol. The highest BCUT2D eigenvalue weighted by Gasteiger charge is 2.47. The van der Waals surface area contributed by atoms with E-state index in [9.17, 15) is 0 Å². The fourth-order valence-corrected chi connectivity index (χ4v) is 14.4. The molecule has 0 fully saturated rings. The van der Waals surface area contributed by atoms with E-state index in [4.69, 9.17) is 0 Å². The van der Waals surface area contributed by atoms with Crippen LogP contribution in [0.25, 0.3) is 82.5 Å². The molecule has 7 heterocycles. The van der Waals surface area contributed by atoms with Crippen LogP contribution < -0.4 is 37.7 Å². The third kappa shape index (κ3) is 4.20. The molecule has 0 amide bonds.